The van der Waals surface area contributed by atoms with Crippen molar-refractivity contribution >= 4 is 23.9 Å². The monoisotopic (exact) mass is 346 g/mol. The average Bonchev–Trinajstić information content (AvgIpc) is 2.53. The molecule has 0 unspecified atom stereocenters. The van der Waals surface area contributed by atoms with Crippen molar-refractivity contribution in [1.29, 1.82) is 0 Å². The summed E-state index contributed by atoms with van der Waals surface area (Å²) in [5.74, 6) is -6.51. The second-order valence-electron chi connectivity index (χ2n) is 4.75. The van der Waals surface area contributed by atoms with Crippen LogP contribution < -0.4 is 4.74 Å². The SMILES string of the molecule is O=C(O)c1cc(Oc2cccc(C(=O)O)c2C(=O)O)cc(C(=O)O)c1. The minimum atomic E-state index is -1.57. The van der Waals surface area contributed by atoms with Gasteiger partial charge in [0.05, 0.1) is 16.7 Å². The molecular formula is C16H10O9. The van der Waals surface area contributed by atoms with Crippen LogP contribution in [0.2, 0.25) is 0 Å². The van der Waals surface area contributed by atoms with Gasteiger partial charge in [0.2, 0.25) is 0 Å². The fourth-order valence-electron chi connectivity index (χ4n) is 2.05. The summed E-state index contributed by atoms with van der Waals surface area (Å²) in [5, 5.41) is 36.3. The highest BCUT2D eigenvalue weighted by molar-refractivity contribution is 6.03. The number of benzene rings is 2. The zero-order chi connectivity index (χ0) is 18.7. The van der Waals surface area contributed by atoms with E-state index in [2.05, 4.69) is 0 Å². The van der Waals surface area contributed by atoms with Crippen molar-refractivity contribution in [3.8, 4) is 11.5 Å². The average molecular weight is 346 g/mol. The lowest BCUT2D eigenvalue weighted by atomic mass is 10.1. The summed E-state index contributed by atoms with van der Waals surface area (Å²) < 4.78 is 5.27. The second-order valence-corrected chi connectivity index (χ2v) is 4.75. The largest absolute Gasteiger partial charge is 0.478 e. The Bertz CT molecular complexity index is 866. The maximum atomic E-state index is 11.4. The number of hydrogen-bond acceptors (Lipinski definition) is 5. The predicted molar refractivity (Wildman–Crippen MR) is 80.8 cm³/mol. The van der Waals surface area contributed by atoms with Gasteiger partial charge in [-0.3, -0.25) is 0 Å². The molecule has 0 aliphatic carbocycles. The molecule has 2 rings (SSSR count). The van der Waals surface area contributed by atoms with Crippen LogP contribution in [0.15, 0.2) is 36.4 Å². The van der Waals surface area contributed by atoms with E-state index < -0.39 is 35.0 Å². The Labute approximate surface area is 139 Å². The molecule has 9 nitrogen and oxygen atoms in total. The Morgan fingerprint density at radius 1 is 0.720 bits per heavy atom. The summed E-state index contributed by atoms with van der Waals surface area (Å²) >= 11 is 0. The second kappa shape index (κ2) is 6.71. The predicted octanol–water partition coefficient (Wildman–Crippen LogP) is 2.27. The maximum Gasteiger partial charge on any atom is 0.340 e. The molecule has 2 aromatic carbocycles. The summed E-state index contributed by atoms with van der Waals surface area (Å²) in [4.78, 5) is 44.7. The lowest BCUT2D eigenvalue weighted by molar-refractivity contribution is 0.0649. The molecular weight excluding hydrogens is 336 g/mol. The standard InChI is InChI=1S/C16H10O9/c17-13(18)7-4-8(14(19)20)6-9(5-7)25-11-3-1-2-10(15(21)22)12(11)16(23)24/h1-6H,(H,17,18)(H,19,20)(H,21,22)(H,23,24). The van der Waals surface area contributed by atoms with Crippen molar-refractivity contribution < 1.29 is 44.3 Å². The van der Waals surface area contributed by atoms with E-state index in [0.29, 0.717) is 0 Å². The molecule has 0 aliphatic heterocycles. The quantitative estimate of drug-likeness (QED) is 0.615. The molecule has 4 N–H and O–H groups in total. The first kappa shape index (κ1) is 17.5. The van der Waals surface area contributed by atoms with Gasteiger partial charge in [-0.1, -0.05) is 6.07 Å². The van der Waals surface area contributed by atoms with Gasteiger partial charge >= 0.3 is 23.9 Å². The Hall–Kier alpha value is -3.88. The summed E-state index contributed by atoms with van der Waals surface area (Å²) in [6.07, 6.45) is 0. The van der Waals surface area contributed by atoms with E-state index in [0.717, 1.165) is 24.3 Å². The molecule has 128 valence electrons. The number of carboxylic acids is 4. The topological polar surface area (TPSA) is 158 Å². The summed E-state index contributed by atoms with van der Waals surface area (Å²) in [6.45, 7) is 0. The van der Waals surface area contributed by atoms with Crippen molar-refractivity contribution in [2.45, 2.75) is 0 Å². The zero-order valence-electron chi connectivity index (χ0n) is 12.3. The molecule has 0 saturated carbocycles. The number of carbonyl (C=O) groups is 4. The van der Waals surface area contributed by atoms with Crippen LogP contribution in [0.1, 0.15) is 41.4 Å². The lowest BCUT2D eigenvalue weighted by Crippen LogP contribution is -2.10. The normalized spacial score (nSPS) is 10.1. The van der Waals surface area contributed by atoms with E-state index in [9.17, 15) is 24.3 Å². The molecule has 0 aromatic heterocycles. The molecule has 0 aliphatic rings. The maximum absolute atomic E-state index is 11.4. The van der Waals surface area contributed by atoms with Crippen molar-refractivity contribution in [3.63, 3.8) is 0 Å². The third-order valence-electron chi connectivity index (χ3n) is 3.10. The molecule has 0 heterocycles. The highest BCUT2D eigenvalue weighted by Crippen LogP contribution is 2.29. The molecule has 0 bridgehead atoms. The van der Waals surface area contributed by atoms with Crippen LogP contribution in [-0.4, -0.2) is 44.3 Å². The smallest absolute Gasteiger partial charge is 0.340 e. The Kier molecular flexibility index (Phi) is 4.69. The number of carboxylic acid groups (broad SMARTS) is 4. The first-order chi connectivity index (χ1) is 11.7. The fraction of sp³-hybridized carbons (Fsp3) is 0. The van der Waals surface area contributed by atoms with E-state index in [1.54, 1.807) is 0 Å². The lowest BCUT2D eigenvalue weighted by Gasteiger charge is -2.12. The zero-order valence-corrected chi connectivity index (χ0v) is 12.3. The van der Waals surface area contributed by atoms with Crippen molar-refractivity contribution in [3.05, 3.63) is 58.7 Å². The van der Waals surface area contributed by atoms with Gasteiger partial charge in [-0.15, -0.1) is 0 Å². The number of ether oxygens (including phenoxy) is 1. The summed E-state index contributed by atoms with van der Waals surface area (Å²) in [6, 6.07) is 6.37. The molecule has 25 heavy (non-hydrogen) atoms. The molecule has 0 saturated heterocycles. The van der Waals surface area contributed by atoms with Crippen LogP contribution in [0, 0.1) is 0 Å². The van der Waals surface area contributed by atoms with E-state index >= 15 is 0 Å². The van der Waals surface area contributed by atoms with Crippen LogP contribution >= 0.6 is 0 Å². The van der Waals surface area contributed by atoms with Gasteiger partial charge in [-0.05, 0) is 30.3 Å². The molecule has 0 fully saturated rings. The van der Waals surface area contributed by atoms with Crippen molar-refractivity contribution in [2.24, 2.45) is 0 Å². The molecule has 0 amide bonds. The highest BCUT2D eigenvalue weighted by atomic mass is 16.5. The molecule has 0 atom stereocenters. The van der Waals surface area contributed by atoms with Gasteiger partial charge in [0.1, 0.15) is 17.1 Å². The van der Waals surface area contributed by atoms with E-state index in [1.165, 1.54) is 12.1 Å². The third-order valence-corrected chi connectivity index (χ3v) is 3.10. The Morgan fingerprint density at radius 3 is 1.72 bits per heavy atom. The number of aromatic carboxylic acids is 4. The minimum Gasteiger partial charge on any atom is -0.478 e. The number of hydrogen-bond donors (Lipinski definition) is 4. The van der Waals surface area contributed by atoms with E-state index in [-0.39, 0.29) is 22.6 Å². The Balaban J connectivity index is 2.58. The molecule has 0 radical (unpaired) electrons. The van der Waals surface area contributed by atoms with Crippen LogP contribution in [-0.2, 0) is 0 Å². The first-order valence-corrected chi connectivity index (χ1v) is 6.60. The fourth-order valence-corrected chi connectivity index (χ4v) is 2.05. The van der Waals surface area contributed by atoms with Crippen LogP contribution in [0.3, 0.4) is 0 Å². The molecule has 9 heteroatoms. The highest BCUT2D eigenvalue weighted by Gasteiger charge is 2.22. The Morgan fingerprint density at radius 2 is 1.28 bits per heavy atom. The molecule has 0 spiro atoms. The van der Waals surface area contributed by atoms with Crippen molar-refractivity contribution in [2.75, 3.05) is 0 Å². The van der Waals surface area contributed by atoms with Gasteiger partial charge in [0.25, 0.3) is 0 Å². The van der Waals surface area contributed by atoms with Crippen molar-refractivity contribution in [1.82, 2.24) is 0 Å². The van der Waals surface area contributed by atoms with E-state index in [1.807, 2.05) is 0 Å². The van der Waals surface area contributed by atoms with Gasteiger partial charge in [0, 0.05) is 0 Å². The third kappa shape index (κ3) is 3.72. The molecule has 2 aromatic rings. The van der Waals surface area contributed by atoms with Gasteiger partial charge < -0.3 is 25.2 Å². The van der Waals surface area contributed by atoms with E-state index in [4.69, 9.17) is 20.1 Å². The van der Waals surface area contributed by atoms with Crippen LogP contribution in [0.5, 0.6) is 11.5 Å². The van der Waals surface area contributed by atoms with Gasteiger partial charge in [-0.2, -0.15) is 0 Å². The van der Waals surface area contributed by atoms with Crippen LogP contribution in [0.25, 0.3) is 0 Å². The summed E-state index contributed by atoms with van der Waals surface area (Å²) in [7, 11) is 0. The number of rotatable bonds is 6. The van der Waals surface area contributed by atoms with Crippen LogP contribution in [0.4, 0.5) is 0 Å². The van der Waals surface area contributed by atoms with Gasteiger partial charge in [-0.25, -0.2) is 19.2 Å². The summed E-state index contributed by atoms with van der Waals surface area (Å²) in [5.41, 5.74) is -1.95. The first-order valence-electron chi connectivity index (χ1n) is 6.60. The van der Waals surface area contributed by atoms with Gasteiger partial charge in [0.15, 0.2) is 0 Å². The minimum absolute atomic E-state index is 0.262.